The summed E-state index contributed by atoms with van der Waals surface area (Å²) in [5, 5.41) is 0.843. The summed E-state index contributed by atoms with van der Waals surface area (Å²) in [6, 6.07) is 0. The Hall–Kier alpha value is -0.150. The lowest BCUT2D eigenvalue weighted by molar-refractivity contribution is -0.0446. The van der Waals surface area contributed by atoms with Crippen molar-refractivity contribution in [2.75, 3.05) is 20.2 Å². The van der Waals surface area contributed by atoms with Crippen LogP contribution in [0.4, 0.5) is 4.48 Å². The van der Waals surface area contributed by atoms with Gasteiger partial charge in [0, 0.05) is 20.2 Å². The third kappa shape index (κ3) is 1.91. The van der Waals surface area contributed by atoms with Gasteiger partial charge in [-0.25, -0.2) is 0 Å². The van der Waals surface area contributed by atoms with Crippen molar-refractivity contribution in [3.63, 3.8) is 0 Å². The highest BCUT2D eigenvalue weighted by Gasteiger charge is 2.17. The molecule has 0 amide bonds. The Morgan fingerprint density at radius 2 is 2.00 bits per heavy atom. The normalized spacial score (nSPS) is 24.7. The molecule has 1 fully saturated rings. The molecule has 0 bridgehead atoms. The fourth-order valence-electron chi connectivity index (χ4n) is 1.06. The van der Waals surface area contributed by atoms with E-state index in [1.54, 1.807) is 7.11 Å². The van der Waals surface area contributed by atoms with Crippen molar-refractivity contribution in [2.45, 2.75) is 18.9 Å². The Morgan fingerprint density at radius 3 is 2.44 bits per heavy atom. The lowest BCUT2D eigenvalue weighted by Gasteiger charge is -2.24. The van der Waals surface area contributed by atoms with E-state index in [4.69, 9.17) is 4.74 Å². The fourth-order valence-corrected chi connectivity index (χ4v) is 1.06. The number of piperidine rings is 1. The van der Waals surface area contributed by atoms with Crippen LogP contribution in [0, 0.1) is 0 Å². The van der Waals surface area contributed by atoms with E-state index < -0.39 is 0 Å². The van der Waals surface area contributed by atoms with Crippen LogP contribution in [0.2, 0.25) is 0 Å². The lowest BCUT2D eigenvalue weighted by Crippen LogP contribution is -2.31. The first-order valence-electron chi connectivity index (χ1n) is 3.26. The second kappa shape index (κ2) is 3.13. The molecule has 1 heterocycles. The van der Waals surface area contributed by atoms with Crippen molar-refractivity contribution < 1.29 is 9.22 Å². The van der Waals surface area contributed by atoms with Gasteiger partial charge in [-0.3, -0.25) is 0 Å². The highest BCUT2D eigenvalue weighted by molar-refractivity contribution is 4.66. The summed E-state index contributed by atoms with van der Waals surface area (Å²) in [5.74, 6) is 0. The van der Waals surface area contributed by atoms with Gasteiger partial charge < -0.3 is 4.74 Å². The van der Waals surface area contributed by atoms with Gasteiger partial charge in [0.2, 0.25) is 0 Å². The Balaban J connectivity index is 2.18. The maximum absolute atomic E-state index is 12.3. The second-order valence-electron chi connectivity index (χ2n) is 2.34. The number of hydrogen-bond donors (Lipinski definition) is 0. The predicted molar refractivity (Wildman–Crippen MR) is 32.7 cm³/mol. The lowest BCUT2D eigenvalue weighted by atomic mass is 10.1. The number of methoxy groups -OCH3 is 1. The molecule has 2 nitrogen and oxygen atoms in total. The van der Waals surface area contributed by atoms with Crippen molar-refractivity contribution in [2.24, 2.45) is 0 Å². The van der Waals surface area contributed by atoms with E-state index in [1.165, 1.54) is 0 Å². The molecule has 0 unspecified atom stereocenters. The molecule has 1 aliphatic heterocycles. The van der Waals surface area contributed by atoms with Gasteiger partial charge in [-0.05, 0) is 12.8 Å². The average Bonchev–Trinajstić information content (AvgIpc) is 1.90. The Bertz CT molecular complexity index is 81.1. The number of ether oxygens (including phenoxy) is 1. The third-order valence-electron chi connectivity index (χ3n) is 1.72. The first-order chi connectivity index (χ1) is 4.33. The highest BCUT2D eigenvalue weighted by atomic mass is 19.2. The molecule has 0 atom stereocenters. The van der Waals surface area contributed by atoms with E-state index in [0.717, 1.165) is 18.0 Å². The predicted octanol–water partition coefficient (Wildman–Crippen LogP) is 0.982. The molecule has 0 N–H and O–H groups in total. The fraction of sp³-hybridized carbons (Fsp3) is 1.00. The molecular formula is C6H12FNO. The summed E-state index contributed by atoms with van der Waals surface area (Å²) in [6.07, 6.45) is 1.94. The van der Waals surface area contributed by atoms with Crippen LogP contribution < -0.4 is 0 Å². The molecule has 1 rings (SSSR count). The molecule has 3 heteroatoms. The molecule has 1 aliphatic rings. The molecule has 0 saturated carbocycles. The molecule has 0 aliphatic carbocycles. The third-order valence-corrected chi connectivity index (χ3v) is 1.72. The van der Waals surface area contributed by atoms with Crippen LogP contribution in [0.3, 0.4) is 0 Å². The molecule has 1 saturated heterocycles. The van der Waals surface area contributed by atoms with E-state index in [1.807, 2.05) is 0 Å². The zero-order valence-corrected chi connectivity index (χ0v) is 5.64. The molecular weight excluding hydrogens is 121 g/mol. The quantitative estimate of drug-likeness (QED) is 0.494. The Morgan fingerprint density at radius 1 is 1.44 bits per heavy atom. The molecule has 0 aromatic carbocycles. The van der Waals surface area contributed by atoms with Gasteiger partial charge in [0.25, 0.3) is 0 Å². The zero-order chi connectivity index (χ0) is 6.69. The summed E-state index contributed by atoms with van der Waals surface area (Å²) in [5.41, 5.74) is 0. The Kier molecular flexibility index (Phi) is 2.42. The van der Waals surface area contributed by atoms with E-state index >= 15 is 0 Å². The summed E-state index contributed by atoms with van der Waals surface area (Å²) in [7, 11) is 1.68. The van der Waals surface area contributed by atoms with Gasteiger partial charge in [0.15, 0.2) is 0 Å². The largest absolute Gasteiger partial charge is 0.381 e. The maximum Gasteiger partial charge on any atom is 0.0597 e. The first-order valence-corrected chi connectivity index (χ1v) is 3.26. The number of nitrogens with zero attached hydrogens (tertiary/aromatic N) is 1. The SMILES string of the molecule is COC1CCN(F)CC1. The summed E-state index contributed by atoms with van der Waals surface area (Å²) < 4.78 is 17.3. The summed E-state index contributed by atoms with van der Waals surface area (Å²) in [4.78, 5) is 0. The first kappa shape index (κ1) is 6.96. The van der Waals surface area contributed by atoms with Crippen molar-refractivity contribution >= 4 is 0 Å². The van der Waals surface area contributed by atoms with Gasteiger partial charge in [-0.1, -0.05) is 0 Å². The van der Waals surface area contributed by atoms with Crippen molar-refractivity contribution in [3.8, 4) is 0 Å². The minimum atomic E-state index is 0.289. The summed E-state index contributed by atoms with van der Waals surface area (Å²) in [6.45, 7) is 1.05. The standard InChI is InChI=1S/C6H12FNO/c1-9-6-2-4-8(7)5-3-6/h6H,2-5H2,1H3. The number of halogens is 1. The summed E-state index contributed by atoms with van der Waals surface area (Å²) >= 11 is 0. The van der Waals surface area contributed by atoms with Crippen LogP contribution in [-0.2, 0) is 4.74 Å². The van der Waals surface area contributed by atoms with Crippen molar-refractivity contribution in [3.05, 3.63) is 0 Å². The van der Waals surface area contributed by atoms with Crippen LogP contribution in [-0.4, -0.2) is 31.4 Å². The van der Waals surface area contributed by atoms with E-state index in [-0.39, 0.29) is 6.10 Å². The zero-order valence-electron chi connectivity index (χ0n) is 5.64. The van der Waals surface area contributed by atoms with Crippen LogP contribution in [0.25, 0.3) is 0 Å². The number of hydrogen-bond acceptors (Lipinski definition) is 2. The second-order valence-corrected chi connectivity index (χ2v) is 2.34. The topological polar surface area (TPSA) is 12.5 Å². The van der Waals surface area contributed by atoms with Crippen molar-refractivity contribution in [1.82, 2.24) is 5.12 Å². The van der Waals surface area contributed by atoms with Gasteiger partial charge in [0.05, 0.1) is 6.10 Å². The van der Waals surface area contributed by atoms with Gasteiger partial charge in [0.1, 0.15) is 0 Å². The van der Waals surface area contributed by atoms with Crippen LogP contribution >= 0.6 is 0 Å². The van der Waals surface area contributed by atoms with Crippen LogP contribution in [0.1, 0.15) is 12.8 Å². The minimum absolute atomic E-state index is 0.289. The number of rotatable bonds is 1. The average molecular weight is 133 g/mol. The minimum Gasteiger partial charge on any atom is -0.381 e. The van der Waals surface area contributed by atoms with Crippen LogP contribution in [0.15, 0.2) is 0 Å². The highest BCUT2D eigenvalue weighted by Crippen LogP contribution is 2.11. The molecule has 0 aromatic heterocycles. The van der Waals surface area contributed by atoms with Crippen LogP contribution in [0.5, 0.6) is 0 Å². The smallest absolute Gasteiger partial charge is 0.0597 e. The molecule has 9 heavy (non-hydrogen) atoms. The molecule has 0 radical (unpaired) electrons. The van der Waals surface area contributed by atoms with Gasteiger partial charge in [-0.15, -0.1) is 9.60 Å². The van der Waals surface area contributed by atoms with E-state index in [2.05, 4.69) is 0 Å². The van der Waals surface area contributed by atoms with Crippen molar-refractivity contribution in [1.29, 1.82) is 0 Å². The maximum atomic E-state index is 12.3. The van der Waals surface area contributed by atoms with E-state index in [0.29, 0.717) is 13.1 Å². The molecule has 0 spiro atoms. The van der Waals surface area contributed by atoms with Gasteiger partial charge in [-0.2, -0.15) is 0 Å². The van der Waals surface area contributed by atoms with E-state index in [9.17, 15) is 4.48 Å². The van der Waals surface area contributed by atoms with Gasteiger partial charge >= 0.3 is 0 Å². The monoisotopic (exact) mass is 133 g/mol. The molecule has 54 valence electrons. The Labute approximate surface area is 54.5 Å². The molecule has 0 aromatic rings.